The largest absolute Gasteiger partial charge is 0.495 e. The van der Waals surface area contributed by atoms with Crippen LogP contribution >= 0.6 is 0 Å². The number of sulfonamides is 1. The highest BCUT2D eigenvalue weighted by Crippen LogP contribution is 2.34. The number of hydrogen-bond acceptors (Lipinski definition) is 5. The van der Waals surface area contributed by atoms with Crippen molar-refractivity contribution in [1.29, 1.82) is 0 Å². The molecule has 1 aliphatic heterocycles. The van der Waals surface area contributed by atoms with E-state index in [-0.39, 0.29) is 41.0 Å². The van der Waals surface area contributed by atoms with Crippen LogP contribution in [0.3, 0.4) is 0 Å². The summed E-state index contributed by atoms with van der Waals surface area (Å²) in [5.74, 6) is -0.469. The van der Waals surface area contributed by atoms with Crippen molar-refractivity contribution in [2.75, 3.05) is 12.0 Å². The number of imide groups is 1. The molecule has 0 aromatic heterocycles. The molecule has 1 aliphatic carbocycles. The molecule has 8 heteroatoms. The van der Waals surface area contributed by atoms with Gasteiger partial charge in [-0.25, -0.2) is 18.0 Å². The fourth-order valence-corrected chi connectivity index (χ4v) is 5.34. The summed E-state index contributed by atoms with van der Waals surface area (Å²) in [7, 11) is -2.48. The van der Waals surface area contributed by atoms with Gasteiger partial charge in [0.15, 0.2) is 0 Å². The highest BCUT2D eigenvalue weighted by atomic mass is 32.2. The topological polar surface area (TPSA) is 92.8 Å². The van der Waals surface area contributed by atoms with Crippen molar-refractivity contribution >= 4 is 27.5 Å². The van der Waals surface area contributed by atoms with Crippen LogP contribution in [0.15, 0.2) is 41.3 Å². The Morgan fingerprint density at radius 1 is 0.967 bits per heavy atom. The summed E-state index contributed by atoms with van der Waals surface area (Å²) in [6.07, 6.45) is 3.42. The molecule has 1 unspecified atom stereocenters. The number of fused-ring (bicyclic) bond motifs is 1. The molecular formula is C22H24N2O5S. The number of amides is 2. The third kappa shape index (κ3) is 3.73. The van der Waals surface area contributed by atoms with Gasteiger partial charge in [-0.3, -0.25) is 9.59 Å². The quantitative estimate of drug-likeness (QED) is 0.714. The van der Waals surface area contributed by atoms with Crippen molar-refractivity contribution in [3.63, 3.8) is 0 Å². The average Bonchev–Trinajstić information content (AvgIpc) is 3.32. The first kappa shape index (κ1) is 20.6. The van der Waals surface area contributed by atoms with Crippen molar-refractivity contribution in [3.05, 3.63) is 53.1 Å². The molecule has 1 atom stereocenters. The van der Waals surface area contributed by atoms with Crippen molar-refractivity contribution in [2.45, 2.75) is 50.0 Å². The van der Waals surface area contributed by atoms with Gasteiger partial charge in [0.1, 0.15) is 5.75 Å². The molecule has 1 heterocycles. The SMILES string of the molecule is COc1ccc(S(=O)(=O)NC(C)c2ccc3c(c2)CCC3)cc1N1C(=O)CCC1=O. The lowest BCUT2D eigenvalue weighted by atomic mass is 10.0. The van der Waals surface area contributed by atoms with E-state index in [1.807, 2.05) is 6.07 Å². The minimum Gasteiger partial charge on any atom is -0.495 e. The van der Waals surface area contributed by atoms with Crippen molar-refractivity contribution < 1.29 is 22.7 Å². The summed E-state index contributed by atoms with van der Waals surface area (Å²) in [5, 5.41) is 0. The molecule has 2 amide bonds. The van der Waals surface area contributed by atoms with Gasteiger partial charge >= 0.3 is 0 Å². The number of benzene rings is 2. The molecule has 2 aromatic carbocycles. The zero-order valence-electron chi connectivity index (χ0n) is 17.0. The van der Waals surface area contributed by atoms with E-state index < -0.39 is 16.1 Å². The number of carbonyl (C=O) groups excluding carboxylic acids is 2. The summed E-state index contributed by atoms with van der Waals surface area (Å²) in [6, 6.07) is 9.85. The van der Waals surface area contributed by atoms with Gasteiger partial charge in [0.2, 0.25) is 21.8 Å². The summed E-state index contributed by atoms with van der Waals surface area (Å²) in [5.41, 5.74) is 3.65. The van der Waals surface area contributed by atoms with Gasteiger partial charge in [-0.2, -0.15) is 0 Å². The number of hydrogen-bond donors (Lipinski definition) is 1. The second-order valence-electron chi connectivity index (χ2n) is 7.68. The fraction of sp³-hybridized carbons (Fsp3) is 0.364. The number of aryl methyl sites for hydroxylation is 2. The number of nitrogens with one attached hydrogen (secondary N) is 1. The zero-order valence-corrected chi connectivity index (χ0v) is 17.8. The van der Waals surface area contributed by atoms with Gasteiger partial charge in [-0.1, -0.05) is 18.2 Å². The standard InChI is InChI=1S/C22H24N2O5S/c1-14(16-7-6-15-4-3-5-17(15)12-16)23-30(27,28)18-8-9-20(29-2)19(13-18)24-21(25)10-11-22(24)26/h6-9,12-14,23H,3-5,10-11H2,1-2H3. The van der Waals surface area contributed by atoms with Gasteiger partial charge in [-0.05, 0) is 61.1 Å². The zero-order chi connectivity index (χ0) is 21.5. The molecule has 1 saturated heterocycles. The van der Waals surface area contributed by atoms with Crippen molar-refractivity contribution in [1.82, 2.24) is 4.72 Å². The van der Waals surface area contributed by atoms with Crippen LogP contribution in [-0.2, 0) is 32.5 Å². The van der Waals surface area contributed by atoms with E-state index in [0.717, 1.165) is 29.7 Å². The third-order valence-electron chi connectivity index (χ3n) is 5.71. The number of carbonyl (C=O) groups is 2. The molecule has 158 valence electrons. The van der Waals surface area contributed by atoms with Crippen molar-refractivity contribution in [3.8, 4) is 5.75 Å². The molecule has 1 N–H and O–H groups in total. The highest BCUT2D eigenvalue weighted by Gasteiger charge is 2.33. The number of ether oxygens (including phenoxy) is 1. The molecule has 0 spiro atoms. The van der Waals surface area contributed by atoms with Gasteiger partial charge < -0.3 is 4.74 Å². The maximum atomic E-state index is 13.0. The van der Waals surface area contributed by atoms with E-state index in [0.29, 0.717) is 0 Å². The lowest BCUT2D eigenvalue weighted by molar-refractivity contribution is -0.121. The fourth-order valence-electron chi connectivity index (χ4n) is 4.09. The van der Waals surface area contributed by atoms with Crippen LogP contribution in [-0.4, -0.2) is 27.3 Å². The molecular weight excluding hydrogens is 404 g/mol. The van der Waals surface area contributed by atoms with Crippen LogP contribution in [0.1, 0.15) is 48.9 Å². The number of anilines is 1. The molecule has 2 aliphatic rings. The molecule has 1 fully saturated rings. The Balaban J connectivity index is 1.63. The average molecular weight is 429 g/mol. The van der Waals surface area contributed by atoms with Crippen molar-refractivity contribution in [2.24, 2.45) is 0 Å². The Bertz CT molecular complexity index is 1110. The molecule has 0 saturated carbocycles. The first-order valence-corrected chi connectivity index (χ1v) is 11.5. The van der Waals surface area contributed by atoms with E-state index >= 15 is 0 Å². The normalized spacial score (nSPS) is 17.3. The molecule has 7 nitrogen and oxygen atoms in total. The minimum atomic E-state index is -3.89. The van der Waals surface area contributed by atoms with E-state index in [2.05, 4.69) is 16.9 Å². The van der Waals surface area contributed by atoms with Crippen LogP contribution in [0.4, 0.5) is 5.69 Å². The van der Waals surface area contributed by atoms with E-state index in [1.165, 1.54) is 36.4 Å². The Labute approximate surface area is 176 Å². The summed E-state index contributed by atoms with van der Waals surface area (Å²) < 4.78 is 34.0. The Kier molecular flexibility index (Phi) is 5.38. The molecule has 30 heavy (non-hydrogen) atoms. The van der Waals surface area contributed by atoms with Crippen LogP contribution in [0.5, 0.6) is 5.75 Å². The lowest BCUT2D eigenvalue weighted by Crippen LogP contribution is -2.30. The van der Waals surface area contributed by atoms with Crippen LogP contribution in [0, 0.1) is 0 Å². The third-order valence-corrected chi connectivity index (χ3v) is 7.25. The number of methoxy groups -OCH3 is 1. The summed E-state index contributed by atoms with van der Waals surface area (Å²) in [4.78, 5) is 25.3. The van der Waals surface area contributed by atoms with Gasteiger partial charge in [0, 0.05) is 18.9 Å². The second-order valence-corrected chi connectivity index (χ2v) is 9.40. The first-order chi connectivity index (χ1) is 14.3. The lowest BCUT2D eigenvalue weighted by Gasteiger charge is -2.20. The predicted octanol–water partition coefficient (Wildman–Crippen LogP) is 2.88. The Morgan fingerprint density at radius 2 is 1.67 bits per heavy atom. The number of nitrogens with zero attached hydrogens (tertiary/aromatic N) is 1. The maximum Gasteiger partial charge on any atom is 0.241 e. The van der Waals surface area contributed by atoms with Crippen LogP contribution in [0.25, 0.3) is 0 Å². The Morgan fingerprint density at radius 3 is 2.37 bits per heavy atom. The van der Waals surface area contributed by atoms with E-state index in [9.17, 15) is 18.0 Å². The monoisotopic (exact) mass is 428 g/mol. The predicted molar refractivity (Wildman–Crippen MR) is 112 cm³/mol. The van der Waals surface area contributed by atoms with Gasteiger partial charge in [0.05, 0.1) is 17.7 Å². The first-order valence-electron chi connectivity index (χ1n) is 9.98. The summed E-state index contributed by atoms with van der Waals surface area (Å²) in [6.45, 7) is 1.80. The van der Waals surface area contributed by atoms with Crippen LogP contribution in [0.2, 0.25) is 0 Å². The molecule has 2 aromatic rings. The maximum absolute atomic E-state index is 13.0. The van der Waals surface area contributed by atoms with Crippen LogP contribution < -0.4 is 14.4 Å². The van der Waals surface area contributed by atoms with E-state index in [4.69, 9.17) is 4.74 Å². The highest BCUT2D eigenvalue weighted by molar-refractivity contribution is 7.89. The van der Waals surface area contributed by atoms with E-state index in [1.54, 1.807) is 6.92 Å². The summed E-state index contributed by atoms with van der Waals surface area (Å²) >= 11 is 0. The smallest absolute Gasteiger partial charge is 0.241 e. The Hall–Kier alpha value is -2.71. The molecule has 0 radical (unpaired) electrons. The molecule has 0 bridgehead atoms. The van der Waals surface area contributed by atoms with Gasteiger partial charge in [0.25, 0.3) is 0 Å². The second kappa shape index (κ2) is 7.85. The van der Waals surface area contributed by atoms with Gasteiger partial charge in [-0.15, -0.1) is 0 Å². The minimum absolute atomic E-state index is 0.0289. The number of rotatable bonds is 6. The molecule has 4 rings (SSSR count).